The van der Waals surface area contributed by atoms with Crippen molar-refractivity contribution < 1.29 is 24.5 Å². The summed E-state index contributed by atoms with van der Waals surface area (Å²) in [6, 6.07) is 0. The van der Waals surface area contributed by atoms with Crippen LogP contribution < -0.4 is 0 Å². The molecule has 0 saturated carbocycles. The Labute approximate surface area is 104 Å². The van der Waals surface area contributed by atoms with Crippen LogP contribution in [0.5, 0.6) is 0 Å². The third kappa shape index (κ3) is 5.59. The number of halogens is 3. The van der Waals surface area contributed by atoms with Gasteiger partial charge < -0.3 is 0 Å². The average Bonchev–Trinajstić information content (AvgIpc) is 2.27. The molecule has 0 bridgehead atoms. The molecule has 0 unspecified atom stereocenters. The molecule has 0 heterocycles. The van der Waals surface area contributed by atoms with Crippen molar-refractivity contribution in [3.05, 3.63) is 0 Å². The first-order valence-corrected chi connectivity index (χ1v) is 9.54. The van der Waals surface area contributed by atoms with E-state index >= 15 is 0 Å². The van der Waals surface area contributed by atoms with Gasteiger partial charge >= 0.3 is 104 Å². The Hall–Kier alpha value is 0.213. The van der Waals surface area contributed by atoms with Crippen LogP contribution in [0, 0.1) is 0 Å². The summed E-state index contributed by atoms with van der Waals surface area (Å²) >= 11 is -5.14. The predicted octanol–water partition coefficient (Wildman–Crippen LogP) is 3.31. The van der Waals surface area contributed by atoms with Crippen LogP contribution in [0.25, 0.3) is 0 Å². The zero-order chi connectivity index (χ0) is 13.4. The van der Waals surface area contributed by atoms with Crippen molar-refractivity contribution in [2.24, 2.45) is 0 Å². The second-order valence-corrected chi connectivity index (χ2v) is 8.94. The van der Waals surface area contributed by atoms with E-state index in [4.69, 9.17) is 11.3 Å². The molecule has 3 nitrogen and oxygen atoms in total. The molecule has 0 aromatic carbocycles. The maximum absolute atomic E-state index is 13.1. The standard InChI is InChI=1S/C10H21F3GeO3/c1-4-7-15-14(10(11,12)13,16-8-5-2)17-9-6-3/h4-9H2,1-3H3. The van der Waals surface area contributed by atoms with Gasteiger partial charge in [0.1, 0.15) is 0 Å². The molecule has 0 atom stereocenters. The second kappa shape index (κ2) is 8.34. The minimum absolute atomic E-state index is 0.0208. The average molecular weight is 319 g/mol. The molecule has 0 aromatic rings. The van der Waals surface area contributed by atoms with Crippen LogP contribution in [0.1, 0.15) is 40.0 Å². The number of hydrogen-bond donors (Lipinski definition) is 0. The van der Waals surface area contributed by atoms with Gasteiger partial charge in [0.05, 0.1) is 0 Å². The Morgan fingerprint density at radius 3 is 1.24 bits per heavy atom. The van der Waals surface area contributed by atoms with Crippen LogP contribution in [0.2, 0.25) is 0 Å². The zero-order valence-electron chi connectivity index (χ0n) is 10.6. The Kier molecular flexibility index (Phi) is 8.44. The summed E-state index contributed by atoms with van der Waals surface area (Å²) in [6.45, 7) is 5.32. The van der Waals surface area contributed by atoms with E-state index in [1.165, 1.54) is 0 Å². The summed E-state index contributed by atoms with van der Waals surface area (Å²) in [7, 11) is 0. The number of rotatable bonds is 9. The van der Waals surface area contributed by atoms with Gasteiger partial charge in [0.15, 0.2) is 0 Å². The summed E-state index contributed by atoms with van der Waals surface area (Å²) in [5, 5.41) is -4.51. The molecule has 0 aliphatic carbocycles. The van der Waals surface area contributed by atoms with E-state index in [0.717, 1.165) is 0 Å². The summed E-state index contributed by atoms with van der Waals surface area (Å²) < 4.78 is 54.1. The Morgan fingerprint density at radius 2 is 1.06 bits per heavy atom. The zero-order valence-corrected chi connectivity index (χ0v) is 12.7. The van der Waals surface area contributed by atoms with E-state index < -0.39 is 19.3 Å². The van der Waals surface area contributed by atoms with E-state index in [9.17, 15) is 13.2 Å². The monoisotopic (exact) mass is 320 g/mol. The summed E-state index contributed by atoms with van der Waals surface area (Å²) in [5.74, 6) is 0. The summed E-state index contributed by atoms with van der Waals surface area (Å²) in [5.41, 5.74) is 0. The fraction of sp³-hybridized carbons (Fsp3) is 1.00. The molecular formula is C10H21F3GeO3. The predicted molar refractivity (Wildman–Crippen MR) is 60.5 cm³/mol. The molecule has 0 N–H and O–H groups in total. The van der Waals surface area contributed by atoms with Crippen molar-refractivity contribution in [1.29, 1.82) is 0 Å². The molecule has 0 aliphatic heterocycles. The van der Waals surface area contributed by atoms with Gasteiger partial charge in [-0.25, -0.2) is 0 Å². The van der Waals surface area contributed by atoms with Crippen molar-refractivity contribution in [3.63, 3.8) is 0 Å². The first-order chi connectivity index (χ1) is 7.93. The summed E-state index contributed by atoms with van der Waals surface area (Å²) in [4.78, 5) is 0. The van der Waals surface area contributed by atoms with Gasteiger partial charge in [-0.2, -0.15) is 0 Å². The van der Waals surface area contributed by atoms with Crippen molar-refractivity contribution in [3.8, 4) is 0 Å². The van der Waals surface area contributed by atoms with Gasteiger partial charge in [0.2, 0.25) is 0 Å². The van der Waals surface area contributed by atoms with E-state index in [1.54, 1.807) is 20.8 Å². The molecule has 0 rings (SSSR count). The van der Waals surface area contributed by atoms with Gasteiger partial charge in [-0.15, -0.1) is 0 Å². The van der Waals surface area contributed by atoms with E-state index in [1.807, 2.05) is 0 Å². The van der Waals surface area contributed by atoms with Crippen LogP contribution in [0.3, 0.4) is 0 Å². The van der Waals surface area contributed by atoms with Crippen molar-refractivity contribution in [2.45, 2.75) is 45.0 Å². The Morgan fingerprint density at radius 1 is 0.765 bits per heavy atom. The maximum atomic E-state index is 13.1. The van der Waals surface area contributed by atoms with Gasteiger partial charge in [-0.1, -0.05) is 0 Å². The molecule has 0 saturated heterocycles. The molecule has 17 heavy (non-hydrogen) atoms. The van der Waals surface area contributed by atoms with Crippen LogP contribution in [0.4, 0.5) is 13.2 Å². The van der Waals surface area contributed by atoms with Gasteiger partial charge in [-0.3, -0.25) is 0 Å². The fourth-order valence-corrected chi connectivity index (χ4v) is 5.61. The summed E-state index contributed by atoms with van der Waals surface area (Å²) in [6.07, 6.45) is 1.52. The molecule has 0 fully saturated rings. The van der Waals surface area contributed by atoms with Crippen LogP contribution in [-0.2, 0) is 11.3 Å². The van der Waals surface area contributed by atoms with E-state index in [2.05, 4.69) is 0 Å². The van der Waals surface area contributed by atoms with Crippen LogP contribution >= 0.6 is 0 Å². The topological polar surface area (TPSA) is 27.7 Å². The SMILES string of the molecule is CCC[O][Ge]([O]CCC)([O]CCC)[C](F)(F)F. The molecule has 0 spiro atoms. The molecule has 0 aromatic heterocycles. The second-order valence-electron chi connectivity index (χ2n) is 3.60. The third-order valence-corrected chi connectivity index (χ3v) is 6.97. The number of hydrogen-bond acceptors (Lipinski definition) is 3. The first kappa shape index (κ1) is 17.2. The Balaban J connectivity index is 4.78. The Bertz CT molecular complexity index is 178. The molecule has 0 radical (unpaired) electrons. The van der Waals surface area contributed by atoms with Crippen LogP contribution in [-0.4, -0.2) is 39.1 Å². The third-order valence-electron chi connectivity index (χ3n) is 1.84. The van der Waals surface area contributed by atoms with Crippen molar-refractivity contribution in [1.82, 2.24) is 0 Å². The molecule has 0 amide bonds. The molecule has 104 valence electrons. The van der Waals surface area contributed by atoms with Crippen molar-refractivity contribution >= 4 is 14.3 Å². The first-order valence-electron chi connectivity index (χ1n) is 5.92. The van der Waals surface area contributed by atoms with E-state index in [-0.39, 0.29) is 19.8 Å². The minimum atomic E-state index is -5.14. The quantitative estimate of drug-likeness (QED) is 0.610. The van der Waals surface area contributed by atoms with Gasteiger partial charge in [0, 0.05) is 0 Å². The molecule has 7 heteroatoms. The van der Waals surface area contributed by atoms with Crippen molar-refractivity contribution in [2.75, 3.05) is 19.8 Å². The van der Waals surface area contributed by atoms with Gasteiger partial charge in [-0.05, 0) is 0 Å². The van der Waals surface area contributed by atoms with Crippen LogP contribution in [0.15, 0.2) is 0 Å². The molecule has 0 aliphatic rings. The normalized spacial score (nSPS) is 13.1. The van der Waals surface area contributed by atoms with E-state index in [0.29, 0.717) is 19.3 Å². The van der Waals surface area contributed by atoms with Gasteiger partial charge in [0.25, 0.3) is 0 Å². The fourth-order valence-electron chi connectivity index (χ4n) is 1.08. The molecular weight excluding hydrogens is 298 g/mol. The number of alkyl halides is 3.